The molecule has 1 aromatic heterocycles. The van der Waals surface area contributed by atoms with Gasteiger partial charge in [0.15, 0.2) is 0 Å². The first-order valence-corrected chi connectivity index (χ1v) is 7.55. The minimum Gasteiger partial charge on any atom is -0.391 e. The average molecular weight is 331 g/mol. The molecule has 1 aromatic rings. The molecule has 1 unspecified atom stereocenters. The molecule has 0 aromatic carbocycles. The summed E-state index contributed by atoms with van der Waals surface area (Å²) in [6.45, 7) is 7.28. The normalized spacial score (nSPS) is 12.7. The Morgan fingerprint density at radius 2 is 2.21 bits per heavy atom. The zero-order valence-corrected chi connectivity index (χ0v) is 13.4. The number of carbonyl (C=O) groups is 1. The van der Waals surface area contributed by atoms with E-state index in [0.29, 0.717) is 24.6 Å². The van der Waals surface area contributed by atoms with Gasteiger partial charge < -0.3 is 15.0 Å². The predicted molar refractivity (Wildman–Crippen MR) is 80.2 cm³/mol. The molecule has 0 aliphatic carbocycles. The summed E-state index contributed by atoms with van der Waals surface area (Å²) >= 11 is 3.38. The highest BCUT2D eigenvalue weighted by Gasteiger charge is 2.14. The molecule has 1 atom stereocenters. The Bertz CT molecular complexity index is 416. The molecule has 2 N–H and O–H groups in total. The standard InChI is InChI=1S/C14H23BrN2O2/c1-4-5-17-9-11(15)7-13(17)14(19)16-8-12(18)6-10(2)3/h7,9-10,12,18H,4-6,8H2,1-3H3,(H,16,19). The molecular formula is C14H23BrN2O2. The highest BCUT2D eigenvalue weighted by atomic mass is 79.9. The van der Waals surface area contributed by atoms with Crippen molar-refractivity contribution in [1.82, 2.24) is 9.88 Å². The van der Waals surface area contributed by atoms with Gasteiger partial charge in [-0.05, 0) is 40.8 Å². The summed E-state index contributed by atoms with van der Waals surface area (Å²) in [7, 11) is 0. The van der Waals surface area contributed by atoms with Gasteiger partial charge in [0.05, 0.1) is 6.10 Å². The summed E-state index contributed by atoms with van der Waals surface area (Å²) in [5, 5.41) is 12.5. The number of hydrogen-bond acceptors (Lipinski definition) is 2. The Morgan fingerprint density at radius 3 is 2.79 bits per heavy atom. The lowest BCUT2D eigenvalue weighted by Gasteiger charge is -2.14. The van der Waals surface area contributed by atoms with E-state index in [4.69, 9.17) is 0 Å². The molecule has 108 valence electrons. The van der Waals surface area contributed by atoms with Crippen LogP contribution in [-0.2, 0) is 6.54 Å². The van der Waals surface area contributed by atoms with E-state index in [1.165, 1.54) is 0 Å². The molecule has 1 heterocycles. The number of nitrogens with one attached hydrogen (secondary N) is 1. The van der Waals surface area contributed by atoms with E-state index >= 15 is 0 Å². The van der Waals surface area contributed by atoms with Gasteiger partial charge in [-0.2, -0.15) is 0 Å². The van der Waals surface area contributed by atoms with E-state index in [2.05, 4.69) is 42.0 Å². The van der Waals surface area contributed by atoms with Gasteiger partial charge in [-0.1, -0.05) is 20.8 Å². The topological polar surface area (TPSA) is 54.3 Å². The maximum Gasteiger partial charge on any atom is 0.268 e. The molecule has 1 rings (SSSR count). The molecule has 0 saturated carbocycles. The van der Waals surface area contributed by atoms with Gasteiger partial charge in [0.1, 0.15) is 5.69 Å². The minimum atomic E-state index is -0.484. The summed E-state index contributed by atoms with van der Waals surface area (Å²) in [6.07, 6.45) is 3.09. The maximum absolute atomic E-state index is 12.1. The number of aliphatic hydroxyl groups excluding tert-OH is 1. The number of carbonyl (C=O) groups excluding carboxylic acids is 1. The second-order valence-electron chi connectivity index (χ2n) is 5.23. The number of rotatable bonds is 7. The number of amides is 1. The number of halogens is 1. The smallest absolute Gasteiger partial charge is 0.268 e. The maximum atomic E-state index is 12.1. The van der Waals surface area contributed by atoms with Crippen molar-refractivity contribution < 1.29 is 9.90 Å². The average Bonchev–Trinajstić information content (AvgIpc) is 2.67. The first-order chi connectivity index (χ1) is 8.93. The van der Waals surface area contributed by atoms with E-state index in [-0.39, 0.29) is 5.91 Å². The predicted octanol–water partition coefficient (Wildman–Crippen LogP) is 2.80. The Hall–Kier alpha value is -0.810. The van der Waals surface area contributed by atoms with Crippen LogP contribution in [0, 0.1) is 5.92 Å². The Labute approximate surface area is 123 Å². The zero-order valence-electron chi connectivity index (χ0n) is 11.8. The molecule has 0 saturated heterocycles. The van der Waals surface area contributed by atoms with Crippen LogP contribution in [0.2, 0.25) is 0 Å². The number of aryl methyl sites for hydroxylation is 1. The minimum absolute atomic E-state index is 0.137. The van der Waals surface area contributed by atoms with Crippen LogP contribution in [0.25, 0.3) is 0 Å². The summed E-state index contributed by atoms with van der Waals surface area (Å²) in [6, 6.07) is 1.81. The largest absolute Gasteiger partial charge is 0.391 e. The first kappa shape index (κ1) is 16.2. The van der Waals surface area contributed by atoms with Crippen LogP contribution in [0.15, 0.2) is 16.7 Å². The second-order valence-corrected chi connectivity index (χ2v) is 6.15. The van der Waals surface area contributed by atoms with Crippen molar-refractivity contribution in [2.75, 3.05) is 6.54 Å². The van der Waals surface area contributed by atoms with Gasteiger partial charge in [0.2, 0.25) is 0 Å². The van der Waals surface area contributed by atoms with Crippen molar-refractivity contribution in [2.24, 2.45) is 5.92 Å². The number of aliphatic hydroxyl groups is 1. The molecule has 0 aliphatic heterocycles. The molecule has 5 heteroatoms. The van der Waals surface area contributed by atoms with E-state index in [1.807, 2.05) is 10.8 Å². The Balaban J connectivity index is 2.58. The molecular weight excluding hydrogens is 308 g/mol. The fourth-order valence-corrected chi connectivity index (χ4v) is 2.48. The molecule has 4 nitrogen and oxygen atoms in total. The van der Waals surface area contributed by atoms with Gasteiger partial charge in [-0.15, -0.1) is 0 Å². The third-order valence-electron chi connectivity index (χ3n) is 2.80. The molecule has 0 spiro atoms. The van der Waals surface area contributed by atoms with Crippen molar-refractivity contribution in [2.45, 2.75) is 46.3 Å². The van der Waals surface area contributed by atoms with E-state index < -0.39 is 6.10 Å². The van der Waals surface area contributed by atoms with Crippen LogP contribution in [-0.4, -0.2) is 28.2 Å². The van der Waals surface area contributed by atoms with Crippen molar-refractivity contribution in [3.05, 3.63) is 22.4 Å². The summed E-state index contributed by atoms with van der Waals surface area (Å²) in [5.74, 6) is 0.284. The summed E-state index contributed by atoms with van der Waals surface area (Å²) in [5.41, 5.74) is 0.630. The molecule has 0 bridgehead atoms. The second kappa shape index (κ2) is 7.70. The number of aromatic nitrogens is 1. The lowest BCUT2D eigenvalue weighted by atomic mass is 10.1. The molecule has 0 radical (unpaired) electrons. The molecule has 0 aliphatic rings. The number of nitrogens with zero attached hydrogens (tertiary/aromatic N) is 1. The fraction of sp³-hybridized carbons (Fsp3) is 0.643. The van der Waals surface area contributed by atoms with Crippen LogP contribution in [0.4, 0.5) is 0 Å². The quantitative estimate of drug-likeness (QED) is 0.807. The van der Waals surface area contributed by atoms with Gasteiger partial charge in [0, 0.05) is 23.8 Å². The lowest BCUT2D eigenvalue weighted by molar-refractivity contribution is 0.0891. The SMILES string of the molecule is CCCn1cc(Br)cc1C(=O)NCC(O)CC(C)C. The van der Waals surface area contributed by atoms with E-state index in [1.54, 1.807) is 6.07 Å². The van der Waals surface area contributed by atoms with E-state index in [9.17, 15) is 9.90 Å². The van der Waals surface area contributed by atoms with Crippen LogP contribution >= 0.6 is 15.9 Å². The first-order valence-electron chi connectivity index (χ1n) is 6.76. The van der Waals surface area contributed by atoms with Crippen LogP contribution in [0.3, 0.4) is 0 Å². The third-order valence-corrected chi connectivity index (χ3v) is 3.24. The highest BCUT2D eigenvalue weighted by Crippen LogP contribution is 2.15. The van der Waals surface area contributed by atoms with Crippen molar-refractivity contribution >= 4 is 21.8 Å². The lowest BCUT2D eigenvalue weighted by Crippen LogP contribution is -2.33. The van der Waals surface area contributed by atoms with Gasteiger partial charge in [-0.3, -0.25) is 4.79 Å². The third kappa shape index (κ3) is 5.37. The van der Waals surface area contributed by atoms with Crippen molar-refractivity contribution in [1.29, 1.82) is 0 Å². The highest BCUT2D eigenvalue weighted by molar-refractivity contribution is 9.10. The molecule has 19 heavy (non-hydrogen) atoms. The van der Waals surface area contributed by atoms with Crippen LogP contribution in [0.5, 0.6) is 0 Å². The van der Waals surface area contributed by atoms with Crippen LogP contribution in [0.1, 0.15) is 44.1 Å². The molecule has 1 amide bonds. The monoisotopic (exact) mass is 330 g/mol. The van der Waals surface area contributed by atoms with E-state index in [0.717, 1.165) is 17.4 Å². The summed E-state index contributed by atoms with van der Waals surface area (Å²) < 4.78 is 2.82. The van der Waals surface area contributed by atoms with Crippen molar-refractivity contribution in [3.63, 3.8) is 0 Å². The fourth-order valence-electron chi connectivity index (χ4n) is 2.02. The summed E-state index contributed by atoms with van der Waals surface area (Å²) in [4.78, 5) is 12.1. The number of hydrogen-bond donors (Lipinski definition) is 2. The zero-order chi connectivity index (χ0) is 14.4. The van der Waals surface area contributed by atoms with Crippen molar-refractivity contribution in [3.8, 4) is 0 Å². The Kier molecular flexibility index (Phi) is 6.58. The Morgan fingerprint density at radius 1 is 1.53 bits per heavy atom. The van der Waals surface area contributed by atoms with Gasteiger partial charge in [0.25, 0.3) is 5.91 Å². The van der Waals surface area contributed by atoms with Gasteiger partial charge in [-0.25, -0.2) is 0 Å². The molecule has 0 fully saturated rings. The van der Waals surface area contributed by atoms with Gasteiger partial charge >= 0.3 is 0 Å². The van der Waals surface area contributed by atoms with Crippen LogP contribution < -0.4 is 5.32 Å².